The number of carbonyl (C=O) groups is 1. The van der Waals surface area contributed by atoms with Gasteiger partial charge in [0.2, 0.25) is 0 Å². The first-order valence-electron chi connectivity index (χ1n) is 10.4. The summed E-state index contributed by atoms with van der Waals surface area (Å²) in [5.41, 5.74) is 0.984. The summed E-state index contributed by atoms with van der Waals surface area (Å²) in [7, 11) is 0. The molecule has 2 aromatic carbocycles. The summed E-state index contributed by atoms with van der Waals surface area (Å²) in [5, 5.41) is 5.20. The number of hydrogen-bond acceptors (Lipinski definition) is 3. The maximum Gasteiger partial charge on any atom is 0.408 e. The molecule has 1 saturated heterocycles. The predicted molar refractivity (Wildman–Crippen MR) is 112 cm³/mol. The molecule has 0 aromatic heterocycles. The van der Waals surface area contributed by atoms with Crippen molar-refractivity contribution in [3.05, 3.63) is 42.0 Å². The molecule has 2 aromatic rings. The molecule has 1 N–H and O–H groups in total. The topological polar surface area (TPSA) is 47.6 Å². The molecular weight excluding hydrogens is 350 g/mol. The Balaban J connectivity index is 1.46. The molecule has 1 aliphatic heterocycles. The third-order valence-corrected chi connectivity index (χ3v) is 6.52. The number of benzene rings is 2. The number of hydrogen-bond donors (Lipinski definition) is 1. The highest BCUT2D eigenvalue weighted by atomic mass is 16.6. The minimum Gasteiger partial charge on any atom is -0.490 e. The minimum atomic E-state index is -0.466. The van der Waals surface area contributed by atoms with Gasteiger partial charge < -0.3 is 14.8 Å². The molecular formula is C24H31NO3. The fraction of sp³-hybridized carbons (Fsp3) is 0.542. The third kappa shape index (κ3) is 3.82. The van der Waals surface area contributed by atoms with Crippen molar-refractivity contribution in [1.82, 2.24) is 5.32 Å². The second-order valence-electron chi connectivity index (χ2n) is 9.71. The highest BCUT2D eigenvalue weighted by Crippen LogP contribution is 2.39. The highest BCUT2D eigenvalue weighted by molar-refractivity contribution is 5.85. The minimum absolute atomic E-state index is 0.320. The molecule has 2 fully saturated rings. The van der Waals surface area contributed by atoms with Gasteiger partial charge in [0.1, 0.15) is 12.4 Å². The fourth-order valence-corrected chi connectivity index (χ4v) is 4.54. The van der Waals surface area contributed by atoms with Crippen LogP contribution in [0.4, 0.5) is 4.79 Å². The van der Waals surface area contributed by atoms with Gasteiger partial charge in [0.15, 0.2) is 0 Å². The highest BCUT2D eigenvalue weighted by Gasteiger charge is 2.36. The molecule has 2 aliphatic rings. The van der Waals surface area contributed by atoms with Crippen LogP contribution in [0.5, 0.6) is 5.75 Å². The van der Waals surface area contributed by atoms with Crippen LogP contribution in [0, 0.1) is 11.3 Å². The van der Waals surface area contributed by atoms with Crippen LogP contribution in [-0.4, -0.2) is 18.8 Å². The smallest absolute Gasteiger partial charge is 0.408 e. The molecule has 0 radical (unpaired) electrons. The molecule has 0 spiro atoms. The van der Waals surface area contributed by atoms with E-state index >= 15 is 0 Å². The number of nitrogens with one attached hydrogen (secondary N) is 1. The zero-order valence-corrected chi connectivity index (χ0v) is 17.4. The van der Waals surface area contributed by atoms with Crippen LogP contribution in [0.25, 0.3) is 10.8 Å². The van der Waals surface area contributed by atoms with Gasteiger partial charge in [-0.25, -0.2) is 4.79 Å². The summed E-state index contributed by atoms with van der Waals surface area (Å²) < 4.78 is 11.4. The Morgan fingerprint density at radius 2 is 1.71 bits per heavy atom. The van der Waals surface area contributed by atoms with E-state index in [1.807, 2.05) is 6.92 Å². The monoisotopic (exact) mass is 381 g/mol. The maximum atomic E-state index is 11.5. The largest absolute Gasteiger partial charge is 0.490 e. The van der Waals surface area contributed by atoms with E-state index in [2.05, 4.69) is 62.5 Å². The number of carbonyl (C=O) groups excluding carboxylic acids is 1. The Morgan fingerprint density at radius 3 is 2.36 bits per heavy atom. The van der Waals surface area contributed by atoms with Crippen LogP contribution in [0.15, 0.2) is 36.4 Å². The molecule has 150 valence electrons. The molecule has 4 nitrogen and oxygen atoms in total. The second-order valence-corrected chi connectivity index (χ2v) is 9.71. The van der Waals surface area contributed by atoms with Gasteiger partial charge in [-0.1, -0.05) is 39.0 Å². The molecule has 4 rings (SSSR count). The van der Waals surface area contributed by atoms with Gasteiger partial charge in [0.25, 0.3) is 0 Å². The summed E-state index contributed by atoms with van der Waals surface area (Å²) in [5.74, 6) is 1.74. The second kappa shape index (κ2) is 6.98. The molecule has 28 heavy (non-hydrogen) atoms. The lowest BCUT2D eigenvalue weighted by molar-refractivity contribution is 0.0883. The van der Waals surface area contributed by atoms with Crippen molar-refractivity contribution in [2.45, 2.75) is 65.0 Å². The number of cyclic esters (lactones) is 1. The predicted octanol–water partition coefficient (Wildman–Crippen LogP) is 5.78. The van der Waals surface area contributed by atoms with Crippen molar-refractivity contribution < 1.29 is 14.3 Å². The van der Waals surface area contributed by atoms with Crippen molar-refractivity contribution in [1.29, 1.82) is 0 Å². The Bertz CT molecular complexity index is 877. The van der Waals surface area contributed by atoms with E-state index in [1.54, 1.807) is 0 Å². The fourth-order valence-electron chi connectivity index (χ4n) is 4.54. The zero-order chi connectivity index (χ0) is 19.9. The molecule has 1 heterocycles. The van der Waals surface area contributed by atoms with Crippen LogP contribution < -0.4 is 10.1 Å². The molecule has 4 heteroatoms. The van der Waals surface area contributed by atoms with E-state index in [9.17, 15) is 4.79 Å². The zero-order valence-electron chi connectivity index (χ0n) is 17.4. The van der Waals surface area contributed by atoms with Gasteiger partial charge in [0, 0.05) is 0 Å². The number of ether oxygens (including phenoxy) is 2. The molecule has 1 saturated carbocycles. The number of fused-ring (bicyclic) bond motifs is 1. The average molecular weight is 382 g/mol. The van der Waals surface area contributed by atoms with E-state index in [0.717, 1.165) is 40.8 Å². The third-order valence-electron chi connectivity index (χ3n) is 6.52. The first-order chi connectivity index (χ1) is 13.2. The lowest BCUT2D eigenvalue weighted by Gasteiger charge is -2.37. The summed E-state index contributed by atoms with van der Waals surface area (Å²) in [6.45, 7) is 9.39. The Morgan fingerprint density at radius 1 is 1.04 bits per heavy atom. The Kier molecular flexibility index (Phi) is 4.76. The van der Waals surface area contributed by atoms with Crippen LogP contribution in [0.1, 0.15) is 58.9 Å². The van der Waals surface area contributed by atoms with Gasteiger partial charge in [-0.2, -0.15) is 0 Å². The Labute approximate surface area is 167 Å². The molecule has 1 aliphatic carbocycles. The van der Waals surface area contributed by atoms with Gasteiger partial charge in [0.05, 0.1) is 11.6 Å². The maximum absolute atomic E-state index is 11.5. The summed E-state index contributed by atoms with van der Waals surface area (Å²) >= 11 is 0. The van der Waals surface area contributed by atoms with Crippen LogP contribution >= 0.6 is 0 Å². The number of rotatable bonds is 3. The van der Waals surface area contributed by atoms with Gasteiger partial charge in [-0.05, 0) is 78.5 Å². The normalized spacial score (nSPS) is 28.1. The average Bonchev–Trinajstić information content (AvgIpc) is 3.01. The first-order valence-corrected chi connectivity index (χ1v) is 10.4. The Hall–Kier alpha value is -2.23. The van der Waals surface area contributed by atoms with Crippen LogP contribution in [0.3, 0.4) is 0 Å². The quantitative estimate of drug-likeness (QED) is 0.733. The van der Waals surface area contributed by atoms with Gasteiger partial charge >= 0.3 is 6.09 Å². The molecule has 0 unspecified atom stereocenters. The number of alkyl carbamates (subject to hydrolysis) is 1. The van der Waals surface area contributed by atoms with Crippen molar-refractivity contribution in [3.63, 3.8) is 0 Å². The van der Waals surface area contributed by atoms with E-state index < -0.39 is 5.54 Å². The van der Waals surface area contributed by atoms with E-state index in [1.165, 1.54) is 12.8 Å². The van der Waals surface area contributed by atoms with Crippen molar-refractivity contribution in [2.24, 2.45) is 11.3 Å². The van der Waals surface area contributed by atoms with Crippen LogP contribution in [-0.2, 0) is 10.3 Å². The van der Waals surface area contributed by atoms with E-state index in [0.29, 0.717) is 18.1 Å². The molecule has 1 atom stereocenters. The van der Waals surface area contributed by atoms with Gasteiger partial charge in [-0.15, -0.1) is 0 Å². The van der Waals surface area contributed by atoms with Crippen molar-refractivity contribution >= 4 is 16.9 Å². The SMILES string of the molecule is CC(C)(C)[C@H]1CC[C@@H](Oc2ccc3cc([C@]4(C)COC(=O)N4)ccc3c2)CC1. The van der Waals surface area contributed by atoms with Crippen LogP contribution in [0.2, 0.25) is 0 Å². The van der Waals surface area contributed by atoms with Crippen molar-refractivity contribution in [2.75, 3.05) is 6.61 Å². The standard InChI is InChI=1S/C24H31NO3/c1-23(2,3)18-8-11-20(12-9-18)28-21-10-6-16-13-19(7-5-17(16)14-21)24(4)15-27-22(26)25-24/h5-7,10,13-14,18,20H,8-9,11-12,15H2,1-4H3,(H,25,26)/t18-,20+,24-/m0/s1. The number of amides is 1. The molecule has 1 amide bonds. The lowest BCUT2D eigenvalue weighted by atomic mass is 9.72. The molecule has 0 bridgehead atoms. The first kappa shape index (κ1) is 19.1. The lowest BCUT2D eigenvalue weighted by Crippen LogP contribution is -2.37. The van der Waals surface area contributed by atoms with E-state index in [4.69, 9.17) is 9.47 Å². The summed E-state index contributed by atoms with van der Waals surface area (Å²) in [6.07, 6.45) is 4.73. The summed E-state index contributed by atoms with van der Waals surface area (Å²) in [4.78, 5) is 11.5. The summed E-state index contributed by atoms with van der Waals surface area (Å²) in [6, 6.07) is 12.6. The van der Waals surface area contributed by atoms with E-state index in [-0.39, 0.29) is 6.09 Å². The van der Waals surface area contributed by atoms with Gasteiger partial charge in [-0.3, -0.25) is 0 Å². The van der Waals surface area contributed by atoms with Crippen molar-refractivity contribution in [3.8, 4) is 5.75 Å².